The van der Waals surface area contributed by atoms with Crippen molar-refractivity contribution in [1.29, 1.82) is 0 Å². The summed E-state index contributed by atoms with van der Waals surface area (Å²) in [6.07, 6.45) is 7.16. The summed E-state index contributed by atoms with van der Waals surface area (Å²) in [5, 5.41) is 10.2. The van der Waals surface area contributed by atoms with E-state index in [4.69, 9.17) is 0 Å². The molecule has 1 fully saturated rings. The van der Waals surface area contributed by atoms with E-state index in [1.165, 1.54) is 0 Å². The SMILES string of the molecule is CNc1cc([C@@H]2CCCN2C(=O)c2cc(-c3cccnc3)n[nH]2)ccn1. The number of hydrogen-bond donors (Lipinski definition) is 2. The van der Waals surface area contributed by atoms with Gasteiger partial charge < -0.3 is 10.2 Å². The molecule has 1 saturated heterocycles. The van der Waals surface area contributed by atoms with Gasteiger partial charge in [0.25, 0.3) is 5.91 Å². The summed E-state index contributed by atoms with van der Waals surface area (Å²) >= 11 is 0. The summed E-state index contributed by atoms with van der Waals surface area (Å²) in [7, 11) is 1.84. The molecule has 0 aromatic carbocycles. The minimum absolute atomic E-state index is 0.0297. The lowest BCUT2D eigenvalue weighted by atomic mass is 10.1. The average Bonchev–Trinajstić information content (AvgIpc) is 3.38. The summed E-state index contributed by atoms with van der Waals surface area (Å²) in [5.74, 6) is 0.778. The maximum Gasteiger partial charge on any atom is 0.272 e. The molecule has 4 heterocycles. The summed E-state index contributed by atoms with van der Waals surface area (Å²) < 4.78 is 0. The lowest BCUT2D eigenvalue weighted by Crippen LogP contribution is -2.30. The first-order valence-electron chi connectivity index (χ1n) is 8.67. The van der Waals surface area contributed by atoms with E-state index in [1.54, 1.807) is 24.7 Å². The summed E-state index contributed by atoms with van der Waals surface area (Å²) in [6, 6.07) is 9.61. The number of rotatable bonds is 4. The number of H-pyrrole nitrogens is 1. The predicted octanol–water partition coefficient (Wildman–Crippen LogP) is 2.89. The third-order valence-electron chi connectivity index (χ3n) is 4.70. The zero-order chi connectivity index (χ0) is 17.9. The van der Waals surface area contributed by atoms with Crippen molar-refractivity contribution in [2.75, 3.05) is 18.9 Å². The molecule has 0 radical (unpaired) electrons. The second-order valence-corrected chi connectivity index (χ2v) is 6.29. The lowest BCUT2D eigenvalue weighted by molar-refractivity contribution is 0.0729. The molecule has 132 valence electrons. The molecule has 4 rings (SSSR count). The minimum Gasteiger partial charge on any atom is -0.373 e. The fourth-order valence-electron chi connectivity index (χ4n) is 3.40. The number of aromatic amines is 1. The molecular weight excluding hydrogens is 328 g/mol. The Labute approximate surface area is 151 Å². The largest absolute Gasteiger partial charge is 0.373 e. The Kier molecular flexibility index (Phi) is 4.35. The van der Waals surface area contributed by atoms with E-state index >= 15 is 0 Å². The highest BCUT2D eigenvalue weighted by Crippen LogP contribution is 2.33. The lowest BCUT2D eigenvalue weighted by Gasteiger charge is -2.24. The van der Waals surface area contributed by atoms with Gasteiger partial charge in [-0.15, -0.1) is 0 Å². The van der Waals surface area contributed by atoms with Crippen molar-refractivity contribution in [1.82, 2.24) is 25.1 Å². The maximum absolute atomic E-state index is 13.0. The minimum atomic E-state index is -0.0297. The van der Waals surface area contributed by atoms with Crippen LogP contribution in [0.4, 0.5) is 5.82 Å². The molecule has 1 amide bonds. The van der Waals surface area contributed by atoms with Gasteiger partial charge in [0.15, 0.2) is 0 Å². The van der Waals surface area contributed by atoms with Gasteiger partial charge in [-0.25, -0.2) is 4.98 Å². The molecule has 7 heteroatoms. The van der Waals surface area contributed by atoms with Crippen LogP contribution in [0.3, 0.4) is 0 Å². The van der Waals surface area contributed by atoms with E-state index in [-0.39, 0.29) is 11.9 Å². The first-order chi connectivity index (χ1) is 12.8. The van der Waals surface area contributed by atoms with Crippen LogP contribution < -0.4 is 5.32 Å². The van der Waals surface area contributed by atoms with E-state index in [0.29, 0.717) is 5.69 Å². The van der Waals surface area contributed by atoms with Gasteiger partial charge >= 0.3 is 0 Å². The number of anilines is 1. The molecule has 1 aliphatic rings. The third kappa shape index (κ3) is 3.03. The second kappa shape index (κ2) is 6.95. The van der Waals surface area contributed by atoms with Crippen LogP contribution in [0.5, 0.6) is 0 Å². The number of hydrogen-bond acceptors (Lipinski definition) is 5. The quantitative estimate of drug-likeness (QED) is 0.757. The van der Waals surface area contributed by atoms with Crippen LogP contribution in [0.15, 0.2) is 48.9 Å². The molecule has 1 aliphatic heterocycles. The molecule has 1 atom stereocenters. The van der Waals surface area contributed by atoms with E-state index < -0.39 is 0 Å². The molecule has 26 heavy (non-hydrogen) atoms. The molecule has 0 saturated carbocycles. The fourth-order valence-corrected chi connectivity index (χ4v) is 3.40. The van der Waals surface area contributed by atoms with Crippen molar-refractivity contribution in [3.05, 3.63) is 60.2 Å². The molecule has 0 bridgehead atoms. The van der Waals surface area contributed by atoms with Gasteiger partial charge in [0.05, 0.1) is 11.7 Å². The Hall–Kier alpha value is -3.22. The van der Waals surface area contributed by atoms with Crippen LogP contribution in [0.2, 0.25) is 0 Å². The van der Waals surface area contributed by atoms with Crippen LogP contribution in [0, 0.1) is 0 Å². The molecule has 2 N–H and O–H groups in total. The van der Waals surface area contributed by atoms with Crippen LogP contribution in [-0.4, -0.2) is 44.6 Å². The third-order valence-corrected chi connectivity index (χ3v) is 4.70. The highest BCUT2D eigenvalue weighted by molar-refractivity contribution is 5.93. The van der Waals surface area contributed by atoms with Crippen molar-refractivity contribution in [2.45, 2.75) is 18.9 Å². The molecular formula is C19H20N6O. The van der Waals surface area contributed by atoms with Crippen LogP contribution in [-0.2, 0) is 0 Å². The van der Waals surface area contributed by atoms with Crippen molar-refractivity contribution in [2.24, 2.45) is 0 Å². The zero-order valence-electron chi connectivity index (χ0n) is 14.5. The Morgan fingerprint density at radius 2 is 2.23 bits per heavy atom. The number of pyridine rings is 2. The topological polar surface area (TPSA) is 86.8 Å². The smallest absolute Gasteiger partial charge is 0.272 e. The molecule has 0 spiro atoms. The van der Waals surface area contributed by atoms with E-state index in [0.717, 1.165) is 42.0 Å². The van der Waals surface area contributed by atoms with Gasteiger partial charge in [0.2, 0.25) is 0 Å². The number of nitrogens with zero attached hydrogens (tertiary/aromatic N) is 4. The summed E-state index contributed by atoms with van der Waals surface area (Å²) in [6.45, 7) is 0.738. The van der Waals surface area contributed by atoms with E-state index in [2.05, 4.69) is 25.5 Å². The average molecular weight is 348 g/mol. The van der Waals surface area contributed by atoms with Gasteiger partial charge in [0, 0.05) is 37.7 Å². The Morgan fingerprint density at radius 1 is 1.31 bits per heavy atom. The van der Waals surface area contributed by atoms with Crippen molar-refractivity contribution in [3.8, 4) is 11.3 Å². The van der Waals surface area contributed by atoms with Gasteiger partial charge in [-0.05, 0) is 48.7 Å². The van der Waals surface area contributed by atoms with Gasteiger partial charge in [-0.1, -0.05) is 0 Å². The summed E-state index contributed by atoms with van der Waals surface area (Å²) in [5.41, 5.74) is 3.20. The van der Waals surface area contributed by atoms with Gasteiger partial charge in [0.1, 0.15) is 11.5 Å². The monoisotopic (exact) mass is 348 g/mol. The predicted molar refractivity (Wildman–Crippen MR) is 98.6 cm³/mol. The Bertz CT molecular complexity index is 907. The fraction of sp³-hybridized carbons (Fsp3) is 0.263. The molecule has 7 nitrogen and oxygen atoms in total. The molecule has 0 aliphatic carbocycles. The standard InChI is InChI=1S/C19H20N6O/c1-20-18-10-13(6-8-22-18)17-5-3-9-25(17)19(26)16-11-15(23-24-16)14-4-2-7-21-12-14/h2,4,6-8,10-12,17H,3,5,9H2,1H3,(H,20,22)(H,23,24)/t17-/m0/s1. The number of likely N-dealkylation sites (tertiary alicyclic amines) is 1. The second-order valence-electron chi connectivity index (χ2n) is 6.29. The first-order valence-corrected chi connectivity index (χ1v) is 8.67. The number of carbonyl (C=O) groups excluding carboxylic acids is 1. The number of nitrogens with one attached hydrogen (secondary N) is 2. The zero-order valence-corrected chi connectivity index (χ0v) is 14.5. The highest BCUT2D eigenvalue weighted by atomic mass is 16.2. The Morgan fingerprint density at radius 3 is 3.04 bits per heavy atom. The number of carbonyl (C=O) groups is 1. The van der Waals surface area contributed by atoms with Gasteiger partial charge in [-0.2, -0.15) is 5.10 Å². The van der Waals surface area contributed by atoms with Crippen molar-refractivity contribution in [3.63, 3.8) is 0 Å². The highest BCUT2D eigenvalue weighted by Gasteiger charge is 2.31. The van der Waals surface area contributed by atoms with Crippen LogP contribution >= 0.6 is 0 Å². The van der Waals surface area contributed by atoms with Crippen LogP contribution in [0.1, 0.15) is 34.9 Å². The molecule has 0 unspecified atom stereocenters. The summed E-state index contributed by atoms with van der Waals surface area (Å²) in [4.78, 5) is 23.3. The van der Waals surface area contributed by atoms with Crippen molar-refractivity contribution >= 4 is 11.7 Å². The number of aromatic nitrogens is 4. The van der Waals surface area contributed by atoms with E-state index in [9.17, 15) is 4.79 Å². The normalized spacial score (nSPS) is 16.7. The maximum atomic E-state index is 13.0. The first kappa shape index (κ1) is 16.3. The number of amides is 1. The van der Waals surface area contributed by atoms with Gasteiger partial charge in [-0.3, -0.25) is 14.9 Å². The molecule has 3 aromatic heterocycles. The van der Waals surface area contributed by atoms with Crippen molar-refractivity contribution < 1.29 is 4.79 Å². The van der Waals surface area contributed by atoms with E-state index in [1.807, 2.05) is 36.2 Å². The Balaban J connectivity index is 1.58. The van der Waals surface area contributed by atoms with Crippen LogP contribution in [0.25, 0.3) is 11.3 Å². The molecule has 3 aromatic rings.